The number of aryl methyl sites for hydroxylation is 1. The maximum Gasteiger partial charge on any atom is 0.0855 e. The molecule has 1 unspecified atom stereocenters. The zero-order valence-electron chi connectivity index (χ0n) is 10.5. The minimum absolute atomic E-state index is 0.744. The van der Waals surface area contributed by atoms with E-state index in [9.17, 15) is 0 Å². The molecule has 0 radical (unpaired) electrons. The molecule has 1 rings (SSSR count). The zero-order valence-corrected chi connectivity index (χ0v) is 10.5. The average molecular weight is 206 g/mol. The van der Waals surface area contributed by atoms with Crippen molar-refractivity contribution in [2.24, 2.45) is 0 Å². The predicted octanol–water partition coefficient (Wildman–Crippen LogP) is 3.10. The van der Waals surface area contributed by atoms with Crippen LogP contribution in [0, 0.1) is 0 Å². The van der Waals surface area contributed by atoms with Crippen molar-refractivity contribution in [1.82, 2.24) is 0 Å². The fraction of sp³-hybridized carbons (Fsp3) is 0.571. The lowest BCUT2D eigenvalue weighted by Gasteiger charge is -2.31. The van der Waals surface area contributed by atoms with Gasteiger partial charge in [-0.05, 0) is 31.7 Å². The third kappa shape index (κ3) is 4.48. The summed E-state index contributed by atoms with van der Waals surface area (Å²) in [6, 6.07) is 11.5. The van der Waals surface area contributed by atoms with Gasteiger partial charge in [-0.1, -0.05) is 30.3 Å². The second-order valence-electron chi connectivity index (χ2n) is 5.34. The second-order valence-corrected chi connectivity index (χ2v) is 5.34. The van der Waals surface area contributed by atoms with Crippen molar-refractivity contribution in [3.63, 3.8) is 0 Å². The van der Waals surface area contributed by atoms with Gasteiger partial charge in [0, 0.05) is 0 Å². The maximum absolute atomic E-state index is 2.34. The Labute approximate surface area is 94.3 Å². The molecule has 0 aromatic heterocycles. The third-order valence-corrected chi connectivity index (χ3v) is 3.25. The fourth-order valence-electron chi connectivity index (χ4n) is 1.63. The normalized spacial score (nSPS) is 13.9. The minimum atomic E-state index is 0.744. The van der Waals surface area contributed by atoms with Crippen LogP contribution in [0.5, 0.6) is 0 Å². The Morgan fingerprint density at radius 1 is 1.07 bits per heavy atom. The molecule has 1 heteroatoms. The SMILES string of the molecule is CC(CCCc1ccccc1)[N+](C)(C)C. The Bertz CT molecular complexity index is 271. The molecule has 84 valence electrons. The van der Waals surface area contributed by atoms with Gasteiger partial charge in [-0.25, -0.2) is 0 Å². The summed E-state index contributed by atoms with van der Waals surface area (Å²) in [5, 5.41) is 0. The molecule has 0 spiro atoms. The van der Waals surface area contributed by atoms with E-state index in [1.807, 2.05) is 0 Å². The summed E-state index contributed by atoms with van der Waals surface area (Å²) in [6.45, 7) is 2.34. The lowest BCUT2D eigenvalue weighted by molar-refractivity contribution is -0.894. The second kappa shape index (κ2) is 5.32. The molecule has 0 aliphatic carbocycles. The van der Waals surface area contributed by atoms with Crippen molar-refractivity contribution < 1.29 is 4.48 Å². The quantitative estimate of drug-likeness (QED) is 0.649. The minimum Gasteiger partial charge on any atom is -0.329 e. The van der Waals surface area contributed by atoms with E-state index in [2.05, 4.69) is 58.4 Å². The first-order valence-corrected chi connectivity index (χ1v) is 5.85. The van der Waals surface area contributed by atoms with E-state index < -0.39 is 0 Å². The van der Waals surface area contributed by atoms with Crippen LogP contribution in [0.15, 0.2) is 30.3 Å². The molecule has 1 aromatic rings. The Balaban J connectivity index is 2.28. The summed E-state index contributed by atoms with van der Waals surface area (Å²) in [5.41, 5.74) is 1.46. The lowest BCUT2D eigenvalue weighted by atomic mass is 10.0. The molecule has 0 saturated heterocycles. The van der Waals surface area contributed by atoms with Gasteiger partial charge >= 0.3 is 0 Å². The fourth-order valence-corrected chi connectivity index (χ4v) is 1.63. The van der Waals surface area contributed by atoms with Crippen LogP contribution >= 0.6 is 0 Å². The van der Waals surface area contributed by atoms with E-state index in [0.717, 1.165) is 10.5 Å². The molecule has 15 heavy (non-hydrogen) atoms. The largest absolute Gasteiger partial charge is 0.329 e. The van der Waals surface area contributed by atoms with Gasteiger partial charge in [-0.2, -0.15) is 0 Å². The van der Waals surface area contributed by atoms with Crippen molar-refractivity contribution in [3.05, 3.63) is 35.9 Å². The van der Waals surface area contributed by atoms with Crippen LogP contribution in [-0.2, 0) is 6.42 Å². The van der Waals surface area contributed by atoms with Gasteiger partial charge in [0.05, 0.1) is 27.2 Å². The summed E-state index contributed by atoms with van der Waals surface area (Å²) in [4.78, 5) is 0. The summed E-state index contributed by atoms with van der Waals surface area (Å²) >= 11 is 0. The molecular weight excluding hydrogens is 182 g/mol. The summed E-state index contributed by atoms with van der Waals surface area (Å²) in [7, 11) is 6.81. The van der Waals surface area contributed by atoms with Gasteiger partial charge in [0.25, 0.3) is 0 Å². The van der Waals surface area contributed by atoms with E-state index in [-0.39, 0.29) is 0 Å². The molecule has 0 N–H and O–H groups in total. The highest BCUT2D eigenvalue weighted by molar-refractivity contribution is 5.14. The van der Waals surface area contributed by atoms with Gasteiger partial charge in [0.2, 0.25) is 0 Å². The van der Waals surface area contributed by atoms with E-state index in [0.29, 0.717) is 0 Å². The topological polar surface area (TPSA) is 0 Å². The van der Waals surface area contributed by atoms with Crippen molar-refractivity contribution in [2.45, 2.75) is 32.2 Å². The smallest absolute Gasteiger partial charge is 0.0855 e. The molecule has 0 aliphatic rings. The third-order valence-electron chi connectivity index (χ3n) is 3.25. The summed E-state index contributed by atoms with van der Waals surface area (Å²) < 4.78 is 1.06. The number of hydrogen-bond donors (Lipinski definition) is 0. The van der Waals surface area contributed by atoms with Gasteiger partial charge in [0.1, 0.15) is 0 Å². The highest BCUT2D eigenvalue weighted by Gasteiger charge is 2.16. The highest BCUT2D eigenvalue weighted by atomic mass is 15.3. The first-order valence-electron chi connectivity index (χ1n) is 5.85. The van der Waals surface area contributed by atoms with E-state index in [4.69, 9.17) is 0 Å². The van der Waals surface area contributed by atoms with Crippen LogP contribution < -0.4 is 0 Å². The van der Waals surface area contributed by atoms with Crippen LogP contribution in [0.1, 0.15) is 25.3 Å². The molecule has 1 aromatic carbocycles. The summed E-state index contributed by atoms with van der Waals surface area (Å²) in [5.74, 6) is 0. The zero-order chi connectivity index (χ0) is 11.3. The van der Waals surface area contributed by atoms with Gasteiger partial charge in [-0.3, -0.25) is 0 Å². The van der Waals surface area contributed by atoms with Crippen molar-refractivity contribution in [3.8, 4) is 0 Å². The first-order chi connectivity index (χ1) is 7.00. The van der Waals surface area contributed by atoms with Gasteiger partial charge in [0.15, 0.2) is 0 Å². The maximum atomic E-state index is 2.34. The molecule has 0 saturated carbocycles. The number of rotatable bonds is 5. The number of benzene rings is 1. The van der Waals surface area contributed by atoms with Crippen LogP contribution in [0.25, 0.3) is 0 Å². The Hall–Kier alpha value is -0.820. The standard InChI is InChI=1S/C14H24N/c1-13(15(2,3)4)9-8-12-14-10-6-5-7-11-14/h5-7,10-11,13H,8-9,12H2,1-4H3/q+1. The highest BCUT2D eigenvalue weighted by Crippen LogP contribution is 2.12. The monoisotopic (exact) mass is 206 g/mol. The first kappa shape index (κ1) is 12.3. The van der Waals surface area contributed by atoms with E-state index >= 15 is 0 Å². The molecule has 0 heterocycles. The van der Waals surface area contributed by atoms with Crippen molar-refractivity contribution >= 4 is 0 Å². The molecular formula is C14H24N+. The van der Waals surface area contributed by atoms with Crippen LogP contribution in [-0.4, -0.2) is 31.7 Å². The summed E-state index contributed by atoms with van der Waals surface area (Å²) in [6.07, 6.45) is 3.81. The van der Waals surface area contributed by atoms with E-state index in [1.54, 1.807) is 0 Å². The Morgan fingerprint density at radius 2 is 1.67 bits per heavy atom. The molecule has 0 fully saturated rings. The predicted molar refractivity (Wildman–Crippen MR) is 66.9 cm³/mol. The van der Waals surface area contributed by atoms with E-state index in [1.165, 1.54) is 24.8 Å². The molecule has 1 nitrogen and oxygen atoms in total. The number of nitrogens with zero attached hydrogens (tertiary/aromatic N) is 1. The van der Waals surface area contributed by atoms with Crippen molar-refractivity contribution in [1.29, 1.82) is 0 Å². The number of quaternary nitrogens is 1. The average Bonchev–Trinajstić information content (AvgIpc) is 2.18. The van der Waals surface area contributed by atoms with Gasteiger partial charge < -0.3 is 4.48 Å². The number of hydrogen-bond acceptors (Lipinski definition) is 0. The van der Waals surface area contributed by atoms with Crippen molar-refractivity contribution in [2.75, 3.05) is 21.1 Å². The molecule has 0 aliphatic heterocycles. The van der Waals surface area contributed by atoms with Crippen LogP contribution in [0.4, 0.5) is 0 Å². The Morgan fingerprint density at radius 3 is 2.20 bits per heavy atom. The molecule has 0 bridgehead atoms. The lowest BCUT2D eigenvalue weighted by Crippen LogP contribution is -2.43. The van der Waals surface area contributed by atoms with Gasteiger partial charge in [-0.15, -0.1) is 0 Å². The molecule has 0 amide bonds. The van der Waals surface area contributed by atoms with Crippen LogP contribution in [0.3, 0.4) is 0 Å². The van der Waals surface area contributed by atoms with Crippen LogP contribution in [0.2, 0.25) is 0 Å². The molecule has 1 atom stereocenters. The Kier molecular flexibility index (Phi) is 4.34.